The third-order valence-electron chi connectivity index (χ3n) is 3.43. The van der Waals surface area contributed by atoms with E-state index in [9.17, 15) is 9.32 Å². The van der Waals surface area contributed by atoms with Crippen molar-refractivity contribution in [3.63, 3.8) is 0 Å². The largest absolute Gasteiger partial charge is 0.392 e. The number of rotatable bonds is 2. The number of hydrogen-bond donors (Lipinski definition) is 1. The maximum atomic E-state index is 11.4. The molecule has 2 aromatic rings. The molecular weight excluding hydrogens is 260 g/mol. The smallest absolute Gasteiger partial charge is 0.134 e. The lowest BCUT2D eigenvalue weighted by atomic mass is 10.1. The van der Waals surface area contributed by atoms with Crippen molar-refractivity contribution in [3.8, 4) is 0 Å². The molecule has 3 rings (SSSR count). The molecule has 1 aliphatic heterocycles. The number of aliphatic hydroxyl groups is 1. The lowest BCUT2D eigenvalue weighted by Gasteiger charge is -2.29. The summed E-state index contributed by atoms with van der Waals surface area (Å²) in [7, 11) is -0.702. The first kappa shape index (κ1) is 12.6. The van der Waals surface area contributed by atoms with Gasteiger partial charge in [-0.15, -0.1) is 0 Å². The van der Waals surface area contributed by atoms with Gasteiger partial charge in [0.1, 0.15) is 5.82 Å². The Morgan fingerprint density at radius 1 is 1.26 bits per heavy atom. The molecule has 1 aliphatic rings. The molecule has 0 radical (unpaired) electrons. The molecule has 0 bridgehead atoms. The molecule has 0 atom stereocenters. The van der Waals surface area contributed by atoms with Crippen molar-refractivity contribution in [1.29, 1.82) is 0 Å². The van der Waals surface area contributed by atoms with Crippen LogP contribution in [0, 0.1) is 0 Å². The van der Waals surface area contributed by atoms with Gasteiger partial charge in [0.2, 0.25) is 0 Å². The van der Waals surface area contributed by atoms with E-state index in [0.29, 0.717) is 11.5 Å². The minimum absolute atomic E-state index is 0.0211. The van der Waals surface area contributed by atoms with Crippen LogP contribution in [0.3, 0.4) is 0 Å². The molecule has 1 fully saturated rings. The maximum absolute atomic E-state index is 11.4. The van der Waals surface area contributed by atoms with Crippen molar-refractivity contribution in [1.82, 2.24) is 4.98 Å². The van der Waals surface area contributed by atoms with Crippen molar-refractivity contribution < 1.29 is 9.32 Å². The molecule has 0 amide bonds. The molecule has 5 heteroatoms. The van der Waals surface area contributed by atoms with Gasteiger partial charge in [0.25, 0.3) is 0 Å². The Kier molecular flexibility index (Phi) is 3.48. The minimum atomic E-state index is -0.702. The van der Waals surface area contributed by atoms with Crippen LogP contribution in [-0.2, 0) is 17.4 Å². The van der Waals surface area contributed by atoms with E-state index in [2.05, 4.69) is 9.88 Å². The van der Waals surface area contributed by atoms with Crippen molar-refractivity contribution in [2.45, 2.75) is 6.61 Å². The van der Waals surface area contributed by atoms with Crippen LogP contribution in [0.2, 0.25) is 0 Å². The Balaban J connectivity index is 2.03. The molecule has 0 aliphatic carbocycles. The van der Waals surface area contributed by atoms with Crippen LogP contribution in [0.25, 0.3) is 10.9 Å². The number of aromatic nitrogens is 1. The second-order valence-corrected chi connectivity index (χ2v) is 6.35. The summed E-state index contributed by atoms with van der Waals surface area (Å²) in [6.45, 7) is 1.46. The summed E-state index contributed by atoms with van der Waals surface area (Å²) >= 11 is 0. The highest BCUT2D eigenvalue weighted by Gasteiger charge is 2.19. The van der Waals surface area contributed by atoms with Crippen molar-refractivity contribution in [2.75, 3.05) is 29.5 Å². The third-order valence-corrected chi connectivity index (χ3v) is 4.70. The number of hydrogen-bond acceptors (Lipinski definition) is 4. The molecule has 0 saturated carbocycles. The standard InChI is InChI=1S/C14H16N2O2S/c17-10-12-9-11-3-1-2-4-13(11)15-14(12)16-5-7-19(18)8-6-16/h1-4,9,17H,5-8,10H2. The number of benzene rings is 1. The number of aliphatic hydroxyl groups excluding tert-OH is 1. The van der Waals surface area contributed by atoms with Crippen LogP contribution in [0.15, 0.2) is 30.3 Å². The lowest BCUT2D eigenvalue weighted by molar-refractivity contribution is 0.282. The Morgan fingerprint density at radius 3 is 2.74 bits per heavy atom. The first-order valence-electron chi connectivity index (χ1n) is 6.37. The zero-order valence-electron chi connectivity index (χ0n) is 10.6. The fourth-order valence-corrected chi connectivity index (χ4v) is 3.44. The first-order valence-corrected chi connectivity index (χ1v) is 7.86. The van der Waals surface area contributed by atoms with Crippen LogP contribution < -0.4 is 4.90 Å². The van der Waals surface area contributed by atoms with Crippen molar-refractivity contribution in [2.24, 2.45) is 0 Å². The second kappa shape index (κ2) is 5.27. The SMILES string of the molecule is O=S1CCN(c2nc3ccccc3cc2CO)CC1. The zero-order chi connectivity index (χ0) is 13.2. The molecule has 1 saturated heterocycles. The predicted octanol–water partition coefficient (Wildman–Crippen LogP) is 1.30. The normalized spacial score (nSPS) is 17.0. The van der Waals surface area contributed by atoms with Crippen molar-refractivity contribution in [3.05, 3.63) is 35.9 Å². The minimum Gasteiger partial charge on any atom is -0.392 e. The van der Waals surface area contributed by atoms with E-state index in [-0.39, 0.29) is 6.61 Å². The number of nitrogens with zero attached hydrogens (tertiary/aromatic N) is 2. The van der Waals surface area contributed by atoms with E-state index < -0.39 is 10.8 Å². The maximum Gasteiger partial charge on any atom is 0.134 e. The molecule has 1 N–H and O–H groups in total. The highest BCUT2D eigenvalue weighted by molar-refractivity contribution is 7.85. The fourth-order valence-electron chi connectivity index (χ4n) is 2.39. The summed E-state index contributed by atoms with van der Waals surface area (Å²) in [6, 6.07) is 9.89. The molecule has 4 nitrogen and oxygen atoms in total. The van der Waals surface area contributed by atoms with Gasteiger partial charge in [-0.1, -0.05) is 18.2 Å². The molecule has 1 aromatic carbocycles. The van der Waals surface area contributed by atoms with E-state index in [1.54, 1.807) is 0 Å². The summed E-state index contributed by atoms with van der Waals surface area (Å²) in [5.74, 6) is 2.19. The Hall–Kier alpha value is -1.46. The van der Waals surface area contributed by atoms with Gasteiger partial charge in [0.05, 0.1) is 12.1 Å². The monoisotopic (exact) mass is 276 g/mol. The number of anilines is 1. The summed E-state index contributed by atoms with van der Waals surface area (Å²) in [4.78, 5) is 6.79. The van der Waals surface area contributed by atoms with Crippen LogP contribution in [-0.4, -0.2) is 38.9 Å². The summed E-state index contributed by atoms with van der Waals surface area (Å²) in [5, 5.41) is 10.6. The molecule has 1 aromatic heterocycles. The molecule has 0 unspecified atom stereocenters. The quantitative estimate of drug-likeness (QED) is 0.898. The van der Waals surface area contributed by atoms with Gasteiger partial charge in [-0.2, -0.15) is 0 Å². The van der Waals surface area contributed by atoms with E-state index in [4.69, 9.17) is 0 Å². The van der Waals surface area contributed by atoms with E-state index in [1.807, 2.05) is 30.3 Å². The molecule has 19 heavy (non-hydrogen) atoms. The number of fused-ring (bicyclic) bond motifs is 1. The third kappa shape index (κ3) is 2.48. The Bertz CT molecular complexity index is 620. The number of pyridine rings is 1. The Morgan fingerprint density at radius 2 is 2.00 bits per heavy atom. The van der Waals surface area contributed by atoms with Crippen LogP contribution in [0.5, 0.6) is 0 Å². The van der Waals surface area contributed by atoms with Crippen LogP contribution >= 0.6 is 0 Å². The highest BCUT2D eigenvalue weighted by atomic mass is 32.2. The van der Waals surface area contributed by atoms with Gasteiger partial charge in [0, 0.05) is 46.3 Å². The average molecular weight is 276 g/mol. The highest BCUT2D eigenvalue weighted by Crippen LogP contribution is 2.24. The molecule has 2 heterocycles. The van der Waals surface area contributed by atoms with Crippen LogP contribution in [0.1, 0.15) is 5.56 Å². The van der Waals surface area contributed by atoms with Gasteiger partial charge in [-0.3, -0.25) is 4.21 Å². The fraction of sp³-hybridized carbons (Fsp3) is 0.357. The average Bonchev–Trinajstić information content (AvgIpc) is 2.46. The first-order chi connectivity index (χ1) is 9.28. The van der Waals surface area contributed by atoms with Crippen molar-refractivity contribution >= 4 is 27.5 Å². The van der Waals surface area contributed by atoms with Crippen LogP contribution in [0.4, 0.5) is 5.82 Å². The zero-order valence-corrected chi connectivity index (χ0v) is 11.4. The topological polar surface area (TPSA) is 53.4 Å². The predicted molar refractivity (Wildman–Crippen MR) is 77.8 cm³/mol. The summed E-state index contributed by atoms with van der Waals surface area (Å²) < 4.78 is 11.4. The van der Waals surface area contributed by atoms with E-state index in [1.165, 1.54) is 0 Å². The second-order valence-electron chi connectivity index (χ2n) is 4.66. The number of para-hydroxylation sites is 1. The van der Waals surface area contributed by atoms with E-state index >= 15 is 0 Å². The van der Waals surface area contributed by atoms with Gasteiger partial charge in [-0.25, -0.2) is 4.98 Å². The lowest BCUT2D eigenvalue weighted by Crippen LogP contribution is -2.38. The van der Waals surface area contributed by atoms with E-state index in [0.717, 1.165) is 35.4 Å². The summed E-state index contributed by atoms with van der Waals surface area (Å²) in [6.07, 6.45) is 0. The molecule has 100 valence electrons. The Labute approximate surface area is 114 Å². The van der Waals surface area contributed by atoms with Gasteiger partial charge < -0.3 is 10.0 Å². The summed E-state index contributed by atoms with van der Waals surface area (Å²) in [5.41, 5.74) is 1.77. The van der Waals surface area contributed by atoms with Gasteiger partial charge in [-0.05, 0) is 12.1 Å². The molecule has 0 spiro atoms. The van der Waals surface area contributed by atoms with Gasteiger partial charge in [0.15, 0.2) is 0 Å². The molecular formula is C14H16N2O2S. The van der Waals surface area contributed by atoms with Gasteiger partial charge >= 0.3 is 0 Å².